The lowest BCUT2D eigenvalue weighted by Gasteiger charge is -2.05. The highest BCUT2D eigenvalue weighted by molar-refractivity contribution is 5.92. The van der Waals surface area contributed by atoms with Gasteiger partial charge in [0.1, 0.15) is 5.69 Å². The summed E-state index contributed by atoms with van der Waals surface area (Å²) in [7, 11) is 0. The predicted octanol–water partition coefficient (Wildman–Crippen LogP) is 0.972. The number of aromatic nitrogens is 1. The quantitative estimate of drug-likeness (QED) is 0.579. The second kappa shape index (κ2) is 8.40. The van der Waals surface area contributed by atoms with Crippen molar-refractivity contribution in [1.82, 2.24) is 10.3 Å². The van der Waals surface area contributed by atoms with Crippen molar-refractivity contribution in [3.63, 3.8) is 0 Å². The number of carbonyl (C=O) groups is 1. The zero-order valence-electron chi connectivity index (χ0n) is 12.0. The van der Waals surface area contributed by atoms with Gasteiger partial charge in [-0.25, -0.2) is 4.98 Å². The Balaban J connectivity index is 1.70. The van der Waals surface area contributed by atoms with Gasteiger partial charge in [0.2, 0.25) is 0 Å². The molecule has 2 N–H and O–H groups in total. The zero-order valence-corrected chi connectivity index (χ0v) is 12.0. The first-order valence-corrected chi connectivity index (χ1v) is 7.21. The largest absolute Gasteiger partial charge is 0.395 e. The topological polar surface area (TPSA) is 71.5 Å². The Morgan fingerprint density at radius 3 is 3.00 bits per heavy atom. The van der Waals surface area contributed by atoms with Crippen LogP contribution >= 0.6 is 0 Å². The Kier molecular flexibility index (Phi) is 6.20. The molecule has 0 spiro atoms. The molecule has 0 saturated heterocycles. The van der Waals surface area contributed by atoms with Crippen LogP contribution in [0, 0.1) is 17.8 Å². The van der Waals surface area contributed by atoms with Crippen LogP contribution in [0.3, 0.4) is 0 Å². The van der Waals surface area contributed by atoms with E-state index in [2.05, 4.69) is 22.1 Å². The van der Waals surface area contributed by atoms with Crippen molar-refractivity contribution in [3.8, 4) is 11.8 Å². The van der Waals surface area contributed by atoms with Crippen LogP contribution in [-0.4, -0.2) is 42.4 Å². The molecular formula is C16H20N2O3. The molecule has 0 aromatic carbocycles. The van der Waals surface area contributed by atoms with Crippen molar-refractivity contribution in [3.05, 3.63) is 29.6 Å². The van der Waals surface area contributed by atoms with Crippen molar-refractivity contribution < 1.29 is 14.6 Å². The number of amides is 1. The molecule has 1 fully saturated rings. The van der Waals surface area contributed by atoms with E-state index in [-0.39, 0.29) is 12.5 Å². The fourth-order valence-corrected chi connectivity index (χ4v) is 1.68. The van der Waals surface area contributed by atoms with E-state index in [1.807, 2.05) is 0 Å². The highest BCUT2D eigenvalue weighted by Gasteiger charge is 2.20. The number of ether oxygens (including phenoxy) is 1. The summed E-state index contributed by atoms with van der Waals surface area (Å²) in [5, 5.41) is 11.4. The van der Waals surface area contributed by atoms with Gasteiger partial charge in [-0.05, 0) is 30.9 Å². The minimum absolute atomic E-state index is 0.0454. The molecule has 1 aliphatic rings. The van der Waals surface area contributed by atoms with Crippen molar-refractivity contribution >= 4 is 5.91 Å². The molecule has 5 nitrogen and oxygen atoms in total. The number of hydrogen-bond acceptors (Lipinski definition) is 4. The molecule has 0 aliphatic heterocycles. The number of carbonyl (C=O) groups excluding carboxylic acids is 1. The normalized spacial score (nSPS) is 13.4. The van der Waals surface area contributed by atoms with E-state index in [0.29, 0.717) is 25.3 Å². The lowest BCUT2D eigenvalue weighted by Crippen LogP contribution is -2.28. The van der Waals surface area contributed by atoms with Gasteiger partial charge in [-0.15, -0.1) is 0 Å². The average molecular weight is 288 g/mol. The number of nitrogens with one attached hydrogen (secondary N) is 1. The van der Waals surface area contributed by atoms with Crippen LogP contribution in [0.5, 0.6) is 0 Å². The van der Waals surface area contributed by atoms with E-state index >= 15 is 0 Å². The standard InChI is InChI=1S/C16H20N2O3/c19-9-2-1-3-13-6-7-15(18-11-13)16(20)17-8-10-21-12-14-4-5-14/h6-7,11,14,19H,2,4-5,8-10,12H2,(H,17,20). The van der Waals surface area contributed by atoms with Crippen molar-refractivity contribution in [1.29, 1.82) is 0 Å². The van der Waals surface area contributed by atoms with Crippen molar-refractivity contribution in [2.45, 2.75) is 19.3 Å². The summed E-state index contributed by atoms with van der Waals surface area (Å²) in [5.41, 5.74) is 1.10. The predicted molar refractivity (Wildman–Crippen MR) is 78.7 cm³/mol. The molecule has 1 heterocycles. The van der Waals surface area contributed by atoms with E-state index in [4.69, 9.17) is 9.84 Å². The molecule has 5 heteroatoms. The van der Waals surface area contributed by atoms with Gasteiger partial charge >= 0.3 is 0 Å². The maximum atomic E-state index is 11.8. The summed E-state index contributed by atoms with van der Waals surface area (Å²) in [6.07, 6.45) is 4.53. The van der Waals surface area contributed by atoms with Crippen molar-refractivity contribution in [2.75, 3.05) is 26.4 Å². The Morgan fingerprint density at radius 2 is 2.33 bits per heavy atom. The fourth-order valence-electron chi connectivity index (χ4n) is 1.68. The molecule has 1 aromatic heterocycles. The molecule has 21 heavy (non-hydrogen) atoms. The summed E-state index contributed by atoms with van der Waals surface area (Å²) in [6, 6.07) is 3.39. The summed E-state index contributed by atoms with van der Waals surface area (Å²) >= 11 is 0. The monoisotopic (exact) mass is 288 g/mol. The molecule has 0 radical (unpaired) electrons. The Bertz CT molecular complexity index is 513. The molecular weight excluding hydrogens is 268 g/mol. The molecule has 0 bridgehead atoms. The molecule has 0 atom stereocenters. The van der Waals surface area contributed by atoms with E-state index in [0.717, 1.165) is 18.1 Å². The Morgan fingerprint density at radius 1 is 1.48 bits per heavy atom. The van der Waals surface area contributed by atoms with Gasteiger partial charge in [-0.1, -0.05) is 11.8 Å². The van der Waals surface area contributed by atoms with Crippen molar-refractivity contribution in [2.24, 2.45) is 5.92 Å². The van der Waals surface area contributed by atoms with Gasteiger partial charge in [0.25, 0.3) is 5.91 Å². The smallest absolute Gasteiger partial charge is 0.269 e. The van der Waals surface area contributed by atoms with Gasteiger partial charge in [0, 0.05) is 31.3 Å². The molecule has 0 unspecified atom stereocenters. The van der Waals surface area contributed by atoms with Gasteiger partial charge in [0.15, 0.2) is 0 Å². The molecule has 1 aromatic rings. The first kappa shape index (κ1) is 15.5. The molecule has 2 rings (SSSR count). The van der Waals surface area contributed by atoms with Gasteiger partial charge < -0.3 is 15.2 Å². The van der Waals surface area contributed by atoms with Crippen LogP contribution in [0.15, 0.2) is 18.3 Å². The second-order valence-corrected chi connectivity index (χ2v) is 4.98. The van der Waals surface area contributed by atoms with E-state index in [1.165, 1.54) is 12.8 Å². The number of aliphatic hydroxyl groups excluding tert-OH is 1. The summed E-state index contributed by atoms with van der Waals surface area (Å²) in [4.78, 5) is 15.9. The van der Waals surface area contributed by atoms with Crippen LogP contribution in [0.1, 0.15) is 35.3 Å². The van der Waals surface area contributed by atoms with Crippen LogP contribution in [0.2, 0.25) is 0 Å². The Hall–Kier alpha value is -1.90. The number of aliphatic hydroxyl groups is 1. The van der Waals surface area contributed by atoms with E-state index < -0.39 is 0 Å². The third-order valence-corrected chi connectivity index (χ3v) is 3.05. The number of nitrogens with zero attached hydrogens (tertiary/aromatic N) is 1. The third-order valence-electron chi connectivity index (χ3n) is 3.05. The fraction of sp³-hybridized carbons (Fsp3) is 0.500. The number of rotatable bonds is 7. The first-order valence-electron chi connectivity index (χ1n) is 7.21. The van der Waals surface area contributed by atoms with Crippen LogP contribution in [-0.2, 0) is 4.74 Å². The molecule has 1 aliphatic carbocycles. The summed E-state index contributed by atoms with van der Waals surface area (Å²) < 4.78 is 5.44. The maximum absolute atomic E-state index is 11.8. The molecule has 1 saturated carbocycles. The summed E-state index contributed by atoms with van der Waals surface area (Å²) in [6.45, 7) is 1.87. The number of hydrogen-bond donors (Lipinski definition) is 2. The highest BCUT2D eigenvalue weighted by atomic mass is 16.5. The highest BCUT2D eigenvalue weighted by Crippen LogP contribution is 2.28. The van der Waals surface area contributed by atoms with E-state index in [1.54, 1.807) is 18.3 Å². The van der Waals surface area contributed by atoms with Crippen LogP contribution in [0.4, 0.5) is 0 Å². The second-order valence-electron chi connectivity index (χ2n) is 4.98. The zero-order chi connectivity index (χ0) is 14.9. The lowest BCUT2D eigenvalue weighted by atomic mass is 10.2. The number of pyridine rings is 1. The molecule has 112 valence electrons. The van der Waals surface area contributed by atoms with Gasteiger partial charge in [-0.2, -0.15) is 0 Å². The minimum atomic E-state index is -0.208. The average Bonchev–Trinajstić information content (AvgIpc) is 3.32. The van der Waals surface area contributed by atoms with Crippen LogP contribution in [0.25, 0.3) is 0 Å². The summed E-state index contributed by atoms with van der Waals surface area (Å²) in [5.74, 6) is 6.20. The third kappa shape index (κ3) is 5.94. The lowest BCUT2D eigenvalue weighted by molar-refractivity contribution is 0.0902. The van der Waals surface area contributed by atoms with Gasteiger partial charge in [0.05, 0.1) is 13.2 Å². The first-order chi connectivity index (χ1) is 10.3. The maximum Gasteiger partial charge on any atom is 0.269 e. The Labute approximate surface area is 124 Å². The minimum Gasteiger partial charge on any atom is -0.395 e. The van der Waals surface area contributed by atoms with Crippen LogP contribution < -0.4 is 5.32 Å². The van der Waals surface area contributed by atoms with Gasteiger partial charge in [-0.3, -0.25) is 4.79 Å². The van der Waals surface area contributed by atoms with E-state index in [9.17, 15) is 4.79 Å². The molecule has 1 amide bonds. The SMILES string of the molecule is O=C(NCCOCC1CC1)c1ccc(C#CCCO)cn1.